The molecule has 1 aromatic carbocycles. The van der Waals surface area contributed by atoms with E-state index in [1.54, 1.807) is 11.3 Å². The maximum atomic E-state index is 13.4. The largest absolute Gasteiger partial charge is 0.467 e. The maximum Gasteiger partial charge on any atom is 0.257 e. The molecule has 2 aromatic rings. The molecule has 7 heteroatoms. The molecular formula is C24H29ClN4O2. The van der Waals surface area contributed by atoms with Gasteiger partial charge in [-0.2, -0.15) is 5.10 Å². The van der Waals surface area contributed by atoms with Gasteiger partial charge in [0.05, 0.1) is 18.5 Å². The third kappa shape index (κ3) is 4.56. The van der Waals surface area contributed by atoms with Gasteiger partial charge < -0.3 is 9.32 Å². The summed E-state index contributed by atoms with van der Waals surface area (Å²) in [6.07, 6.45) is 7.22. The van der Waals surface area contributed by atoms with Crippen LogP contribution < -0.4 is 0 Å². The zero-order valence-electron chi connectivity index (χ0n) is 17.8. The summed E-state index contributed by atoms with van der Waals surface area (Å²) in [4.78, 5) is 18.3. The Kier molecular flexibility index (Phi) is 6.12. The van der Waals surface area contributed by atoms with E-state index < -0.39 is 0 Å². The molecule has 0 bridgehead atoms. The van der Waals surface area contributed by atoms with Gasteiger partial charge in [0, 0.05) is 24.0 Å². The number of nitrogens with zero attached hydrogens (tertiary/aromatic N) is 4. The van der Waals surface area contributed by atoms with Crippen molar-refractivity contribution in [1.82, 2.24) is 14.8 Å². The summed E-state index contributed by atoms with van der Waals surface area (Å²) in [5.74, 6) is 0.815. The highest BCUT2D eigenvalue weighted by Gasteiger charge is 2.37. The van der Waals surface area contributed by atoms with Crippen LogP contribution >= 0.6 is 11.6 Å². The van der Waals surface area contributed by atoms with E-state index in [0.717, 1.165) is 36.5 Å². The molecule has 5 rings (SSSR count). The van der Waals surface area contributed by atoms with Crippen LogP contribution in [0.25, 0.3) is 0 Å². The van der Waals surface area contributed by atoms with Crippen LogP contribution in [-0.4, -0.2) is 65.2 Å². The van der Waals surface area contributed by atoms with E-state index in [1.165, 1.54) is 32.4 Å². The molecule has 6 nitrogen and oxygen atoms in total. The fraction of sp³-hybridized carbons (Fsp3) is 0.500. The molecule has 2 fully saturated rings. The summed E-state index contributed by atoms with van der Waals surface area (Å²) in [7, 11) is 0. The number of carbonyl (C=O) groups excluding carboxylic acids is 1. The maximum absolute atomic E-state index is 13.4. The summed E-state index contributed by atoms with van der Waals surface area (Å²) in [5.41, 5.74) is 1.88. The van der Waals surface area contributed by atoms with Crippen LogP contribution in [0.1, 0.15) is 49.5 Å². The number of hydrogen-bond donors (Lipinski definition) is 0. The molecule has 4 heterocycles. The molecule has 0 saturated carbocycles. The standard InChI is InChI=1S/C24H29ClN4O2/c25-19-9-7-18(8-10-19)21-15-22(23-6-4-14-31-23)29(26-21)24(30)17-28-13-3-5-20(28)16-27-11-1-2-12-27/h4,6-10,14,20,22H,1-3,5,11-13,15-17H2. The number of hydrogen-bond acceptors (Lipinski definition) is 5. The minimum absolute atomic E-state index is 0.0404. The summed E-state index contributed by atoms with van der Waals surface area (Å²) in [6, 6.07) is 11.7. The minimum atomic E-state index is -0.201. The lowest BCUT2D eigenvalue weighted by molar-refractivity contribution is -0.134. The third-order valence-electron chi connectivity index (χ3n) is 6.72. The molecule has 1 amide bonds. The van der Waals surface area contributed by atoms with Crippen molar-refractivity contribution in [3.63, 3.8) is 0 Å². The number of halogens is 1. The second-order valence-electron chi connectivity index (χ2n) is 8.80. The van der Waals surface area contributed by atoms with Crippen molar-refractivity contribution in [3.8, 4) is 0 Å². The van der Waals surface area contributed by atoms with E-state index in [9.17, 15) is 4.79 Å². The van der Waals surface area contributed by atoms with E-state index in [2.05, 4.69) is 9.80 Å². The van der Waals surface area contributed by atoms with Gasteiger partial charge in [-0.15, -0.1) is 0 Å². The predicted octanol–water partition coefficient (Wildman–Crippen LogP) is 4.17. The van der Waals surface area contributed by atoms with Gasteiger partial charge >= 0.3 is 0 Å². The van der Waals surface area contributed by atoms with Crippen LogP contribution in [-0.2, 0) is 4.79 Å². The van der Waals surface area contributed by atoms with Gasteiger partial charge in [-0.25, -0.2) is 5.01 Å². The number of rotatable bonds is 6. The van der Waals surface area contributed by atoms with E-state index in [4.69, 9.17) is 21.1 Å². The number of benzene rings is 1. The third-order valence-corrected chi connectivity index (χ3v) is 6.97. The normalized spacial score (nSPS) is 24.8. The number of likely N-dealkylation sites (tertiary alicyclic amines) is 2. The minimum Gasteiger partial charge on any atom is -0.467 e. The Hall–Kier alpha value is -2.15. The molecule has 0 spiro atoms. The van der Waals surface area contributed by atoms with Crippen molar-refractivity contribution in [3.05, 3.63) is 59.0 Å². The molecule has 31 heavy (non-hydrogen) atoms. The van der Waals surface area contributed by atoms with Crippen LogP contribution in [0.15, 0.2) is 52.2 Å². The monoisotopic (exact) mass is 440 g/mol. The first-order valence-electron chi connectivity index (χ1n) is 11.3. The van der Waals surface area contributed by atoms with Crippen LogP contribution in [0.2, 0.25) is 5.02 Å². The molecule has 0 aliphatic carbocycles. The van der Waals surface area contributed by atoms with E-state index in [1.807, 2.05) is 36.4 Å². The average Bonchev–Trinajstić information content (AvgIpc) is 3.57. The molecule has 2 unspecified atom stereocenters. The van der Waals surface area contributed by atoms with E-state index in [-0.39, 0.29) is 11.9 Å². The quantitative estimate of drug-likeness (QED) is 0.676. The van der Waals surface area contributed by atoms with Crippen molar-refractivity contribution in [2.45, 2.75) is 44.2 Å². The molecule has 3 aliphatic heterocycles. The molecule has 164 valence electrons. The highest BCUT2D eigenvalue weighted by atomic mass is 35.5. The number of carbonyl (C=O) groups is 1. The lowest BCUT2D eigenvalue weighted by atomic mass is 10.0. The lowest BCUT2D eigenvalue weighted by Crippen LogP contribution is -2.44. The summed E-state index contributed by atoms with van der Waals surface area (Å²) in [5, 5.41) is 7.09. The molecule has 3 aliphatic rings. The van der Waals surface area contributed by atoms with Gasteiger partial charge in [-0.3, -0.25) is 9.69 Å². The fourth-order valence-corrected chi connectivity index (χ4v) is 5.21. The summed E-state index contributed by atoms with van der Waals surface area (Å²) >= 11 is 6.05. The van der Waals surface area contributed by atoms with Crippen molar-refractivity contribution in [2.75, 3.05) is 32.7 Å². The predicted molar refractivity (Wildman–Crippen MR) is 121 cm³/mol. The Bertz CT molecular complexity index is 922. The smallest absolute Gasteiger partial charge is 0.257 e. The number of furan rings is 1. The first-order chi connectivity index (χ1) is 15.2. The first kappa shape index (κ1) is 20.7. The van der Waals surface area contributed by atoms with Gasteiger partial charge in [-0.1, -0.05) is 23.7 Å². The van der Waals surface area contributed by atoms with E-state index >= 15 is 0 Å². The fourth-order valence-electron chi connectivity index (χ4n) is 5.08. The molecule has 0 N–H and O–H groups in total. The topological polar surface area (TPSA) is 52.3 Å². The highest BCUT2D eigenvalue weighted by molar-refractivity contribution is 6.30. The van der Waals surface area contributed by atoms with Crippen LogP contribution in [0.5, 0.6) is 0 Å². The average molecular weight is 441 g/mol. The first-order valence-corrected chi connectivity index (χ1v) is 11.7. The van der Waals surface area contributed by atoms with Crippen molar-refractivity contribution >= 4 is 23.2 Å². The Morgan fingerprint density at radius 2 is 1.90 bits per heavy atom. The molecule has 0 radical (unpaired) electrons. The van der Waals surface area contributed by atoms with E-state index in [0.29, 0.717) is 24.0 Å². The molecule has 2 saturated heterocycles. The Labute approximate surface area is 188 Å². The second-order valence-corrected chi connectivity index (χ2v) is 9.24. The summed E-state index contributed by atoms with van der Waals surface area (Å²) in [6.45, 7) is 4.86. The van der Waals surface area contributed by atoms with Crippen LogP contribution in [0, 0.1) is 0 Å². The summed E-state index contributed by atoms with van der Waals surface area (Å²) < 4.78 is 5.67. The SMILES string of the molecule is O=C(CN1CCCC1CN1CCCC1)N1N=C(c2ccc(Cl)cc2)CC1c1ccco1. The number of hydrazone groups is 1. The Balaban J connectivity index is 1.32. The Morgan fingerprint density at radius 3 is 2.65 bits per heavy atom. The van der Waals surface area contributed by atoms with Gasteiger partial charge in [0.25, 0.3) is 5.91 Å². The molecule has 2 atom stereocenters. The van der Waals surface area contributed by atoms with Crippen LogP contribution in [0.4, 0.5) is 0 Å². The second kappa shape index (κ2) is 9.15. The van der Waals surface area contributed by atoms with Gasteiger partial charge in [0.1, 0.15) is 11.8 Å². The zero-order chi connectivity index (χ0) is 21.2. The van der Waals surface area contributed by atoms with Gasteiger partial charge in [0.2, 0.25) is 0 Å². The zero-order valence-corrected chi connectivity index (χ0v) is 18.5. The Morgan fingerprint density at radius 1 is 1.10 bits per heavy atom. The van der Waals surface area contributed by atoms with Crippen molar-refractivity contribution in [1.29, 1.82) is 0 Å². The van der Waals surface area contributed by atoms with Gasteiger partial charge in [0.15, 0.2) is 0 Å². The van der Waals surface area contributed by atoms with Crippen LogP contribution in [0.3, 0.4) is 0 Å². The van der Waals surface area contributed by atoms with Crippen molar-refractivity contribution < 1.29 is 9.21 Å². The molecule has 1 aromatic heterocycles. The number of amides is 1. The lowest BCUT2D eigenvalue weighted by Gasteiger charge is -2.29. The van der Waals surface area contributed by atoms with Gasteiger partial charge in [-0.05, 0) is 75.1 Å². The molecular weight excluding hydrogens is 412 g/mol. The van der Waals surface area contributed by atoms with Crippen molar-refractivity contribution in [2.24, 2.45) is 5.10 Å². The highest BCUT2D eigenvalue weighted by Crippen LogP contribution is 2.34.